The molecule has 2 aromatic rings. The van der Waals surface area contributed by atoms with Gasteiger partial charge in [0.15, 0.2) is 5.76 Å². The molecule has 0 radical (unpaired) electrons. The zero-order valence-corrected chi connectivity index (χ0v) is 15.2. The third kappa shape index (κ3) is 4.44. The van der Waals surface area contributed by atoms with Crippen LogP contribution < -0.4 is 4.74 Å². The topological polar surface area (TPSA) is 42.7 Å². The molecule has 2 heterocycles. The average molecular weight is 341 g/mol. The van der Waals surface area contributed by atoms with E-state index in [4.69, 9.17) is 9.15 Å². The number of ether oxygens (including phenoxy) is 1. The Bertz CT molecular complexity index is 681. The molecular formula is C21H27NO3. The fraction of sp³-hybridized carbons (Fsp3) is 0.476. The highest BCUT2D eigenvalue weighted by molar-refractivity contribution is 5.92. The van der Waals surface area contributed by atoms with Crippen molar-refractivity contribution >= 4 is 5.91 Å². The number of rotatable bonds is 6. The molecule has 134 valence electrons. The van der Waals surface area contributed by atoms with E-state index < -0.39 is 0 Å². The van der Waals surface area contributed by atoms with E-state index in [0.29, 0.717) is 18.3 Å². The van der Waals surface area contributed by atoms with E-state index in [0.717, 1.165) is 43.7 Å². The van der Waals surface area contributed by atoms with Crippen LogP contribution in [0.25, 0.3) is 0 Å². The number of nitrogens with zero attached hydrogens (tertiary/aromatic N) is 1. The number of amides is 1. The Labute approximate surface area is 149 Å². The van der Waals surface area contributed by atoms with E-state index in [1.165, 1.54) is 12.0 Å². The molecule has 0 bridgehead atoms. The zero-order chi connectivity index (χ0) is 17.6. The van der Waals surface area contributed by atoms with Crippen LogP contribution in [0.15, 0.2) is 41.0 Å². The van der Waals surface area contributed by atoms with Crippen molar-refractivity contribution in [3.05, 3.63) is 53.5 Å². The van der Waals surface area contributed by atoms with Gasteiger partial charge in [-0.15, -0.1) is 0 Å². The lowest BCUT2D eigenvalue weighted by atomic mass is 9.90. The van der Waals surface area contributed by atoms with Crippen LogP contribution in [-0.2, 0) is 6.42 Å². The van der Waals surface area contributed by atoms with Crippen molar-refractivity contribution in [3.63, 3.8) is 0 Å². The second-order valence-corrected chi connectivity index (χ2v) is 6.78. The number of piperidine rings is 1. The van der Waals surface area contributed by atoms with E-state index in [2.05, 4.69) is 12.1 Å². The fourth-order valence-electron chi connectivity index (χ4n) is 3.45. The number of carbonyl (C=O) groups is 1. The molecule has 1 saturated heterocycles. The summed E-state index contributed by atoms with van der Waals surface area (Å²) in [7, 11) is 0. The second kappa shape index (κ2) is 8.24. The summed E-state index contributed by atoms with van der Waals surface area (Å²) >= 11 is 0. The van der Waals surface area contributed by atoms with Gasteiger partial charge in [0.1, 0.15) is 5.75 Å². The Balaban J connectivity index is 1.45. The first kappa shape index (κ1) is 17.6. The van der Waals surface area contributed by atoms with Gasteiger partial charge in [0.05, 0.1) is 12.9 Å². The number of hydrogen-bond acceptors (Lipinski definition) is 3. The first-order valence-electron chi connectivity index (χ1n) is 9.22. The molecule has 0 unspecified atom stereocenters. The molecule has 0 atom stereocenters. The van der Waals surface area contributed by atoms with Crippen LogP contribution >= 0.6 is 0 Å². The molecule has 1 amide bonds. The van der Waals surface area contributed by atoms with Crippen LogP contribution in [0.3, 0.4) is 0 Å². The smallest absolute Gasteiger partial charge is 0.289 e. The molecule has 4 heteroatoms. The van der Waals surface area contributed by atoms with Gasteiger partial charge < -0.3 is 14.1 Å². The second-order valence-electron chi connectivity index (χ2n) is 6.78. The summed E-state index contributed by atoms with van der Waals surface area (Å²) in [5.74, 6) is 2.15. The van der Waals surface area contributed by atoms with Crippen LogP contribution in [0, 0.1) is 12.8 Å². The summed E-state index contributed by atoms with van der Waals surface area (Å²) in [5, 5.41) is 0. The van der Waals surface area contributed by atoms with E-state index in [9.17, 15) is 4.79 Å². The number of likely N-dealkylation sites (tertiary alicyclic amines) is 1. The van der Waals surface area contributed by atoms with Crippen molar-refractivity contribution in [1.82, 2.24) is 4.90 Å². The number of hydrogen-bond donors (Lipinski definition) is 0. The van der Waals surface area contributed by atoms with E-state index in [1.54, 1.807) is 6.26 Å². The summed E-state index contributed by atoms with van der Waals surface area (Å²) < 4.78 is 10.8. The van der Waals surface area contributed by atoms with Crippen LogP contribution in [0.5, 0.6) is 5.75 Å². The molecule has 4 nitrogen and oxygen atoms in total. The quantitative estimate of drug-likeness (QED) is 0.778. The Kier molecular flexibility index (Phi) is 5.79. The van der Waals surface area contributed by atoms with Crippen LogP contribution in [-0.4, -0.2) is 30.5 Å². The number of furan rings is 1. The van der Waals surface area contributed by atoms with Crippen molar-refractivity contribution in [3.8, 4) is 5.75 Å². The normalized spacial score (nSPS) is 15.4. The van der Waals surface area contributed by atoms with Gasteiger partial charge in [0, 0.05) is 18.7 Å². The van der Waals surface area contributed by atoms with Crippen molar-refractivity contribution in [2.75, 3.05) is 19.7 Å². The molecule has 1 aliphatic heterocycles. The maximum absolute atomic E-state index is 12.5. The summed E-state index contributed by atoms with van der Waals surface area (Å²) in [6, 6.07) is 10.3. The molecule has 0 aliphatic carbocycles. The Morgan fingerprint density at radius 1 is 1.20 bits per heavy atom. The van der Waals surface area contributed by atoms with Crippen LogP contribution in [0.1, 0.15) is 47.9 Å². The Morgan fingerprint density at radius 2 is 1.92 bits per heavy atom. The standard InChI is InChI=1S/C21H27NO3/c1-3-24-19-8-6-17(7-9-19)4-5-18-10-13-22(14-11-18)21(23)20-16(2)12-15-25-20/h6-9,12,15,18H,3-5,10-11,13-14H2,1-2H3. The fourth-order valence-corrected chi connectivity index (χ4v) is 3.45. The predicted octanol–water partition coefficient (Wildman–Crippen LogP) is 4.47. The molecule has 25 heavy (non-hydrogen) atoms. The summed E-state index contributed by atoms with van der Waals surface area (Å²) in [4.78, 5) is 14.4. The highest BCUT2D eigenvalue weighted by Crippen LogP contribution is 2.25. The lowest BCUT2D eigenvalue weighted by Gasteiger charge is -2.31. The van der Waals surface area contributed by atoms with E-state index >= 15 is 0 Å². The van der Waals surface area contributed by atoms with Crippen molar-refractivity contribution in [2.24, 2.45) is 5.92 Å². The first-order valence-corrected chi connectivity index (χ1v) is 9.22. The van der Waals surface area contributed by atoms with Gasteiger partial charge in [0.25, 0.3) is 5.91 Å². The minimum absolute atomic E-state index is 0.0347. The maximum Gasteiger partial charge on any atom is 0.289 e. The molecule has 1 aromatic heterocycles. The average Bonchev–Trinajstić information content (AvgIpc) is 3.07. The minimum Gasteiger partial charge on any atom is -0.494 e. The molecule has 1 fully saturated rings. The monoisotopic (exact) mass is 341 g/mol. The van der Waals surface area contributed by atoms with Gasteiger partial charge in [0.2, 0.25) is 0 Å². The number of aryl methyl sites for hydroxylation is 2. The number of benzene rings is 1. The Morgan fingerprint density at radius 3 is 2.52 bits per heavy atom. The molecule has 0 spiro atoms. The highest BCUT2D eigenvalue weighted by Gasteiger charge is 2.25. The minimum atomic E-state index is 0.0347. The zero-order valence-electron chi connectivity index (χ0n) is 15.2. The SMILES string of the molecule is CCOc1ccc(CCC2CCN(C(=O)c3occc3C)CC2)cc1. The summed E-state index contributed by atoms with van der Waals surface area (Å²) in [6.45, 7) is 6.27. The lowest BCUT2D eigenvalue weighted by molar-refractivity contribution is 0.0654. The van der Waals surface area contributed by atoms with Gasteiger partial charge in [-0.3, -0.25) is 4.79 Å². The molecule has 1 aliphatic rings. The van der Waals surface area contributed by atoms with Gasteiger partial charge in [-0.1, -0.05) is 12.1 Å². The largest absolute Gasteiger partial charge is 0.494 e. The first-order chi connectivity index (χ1) is 12.2. The maximum atomic E-state index is 12.5. The summed E-state index contributed by atoms with van der Waals surface area (Å²) in [6.07, 6.45) is 6.00. The van der Waals surface area contributed by atoms with Crippen LogP contribution in [0.2, 0.25) is 0 Å². The third-order valence-corrected chi connectivity index (χ3v) is 5.03. The molecule has 0 saturated carbocycles. The van der Waals surface area contributed by atoms with Gasteiger partial charge >= 0.3 is 0 Å². The van der Waals surface area contributed by atoms with Crippen molar-refractivity contribution < 1.29 is 13.9 Å². The van der Waals surface area contributed by atoms with Gasteiger partial charge in [-0.2, -0.15) is 0 Å². The van der Waals surface area contributed by atoms with E-state index in [1.807, 2.05) is 36.9 Å². The molecular weight excluding hydrogens is 314 g/mol. The van der Waals surface area contributed by atoms with Crippen molar-refractivity contribution in [2.45, 2.75) is 39.5 Å². The van der Waals surface area contributed by atoms with Crippen LogP contribution in [0.4, 0.5) is 0 Å². The third-order valence-electron chi connectivity index (χ3n) is 5.03. The lowest BCUT2D eigenvalue weighted by Crippen LogP contribution is -2.38. The highest BCUT2D eigenvalue weighted by atomic mass is 16.5. The Hall–Kier alpha value is -2.23. The van der Waals surface area contributed by atoms with E-state index in [-0.39, 0.29) is 5.91 Å². The summed E-state index contributed by atoms with van der Waals surface area (Å²) in [5.41, 5.74) is 2.27. The predicted molar refractivity (Wildman–Crippen MR) is 98.0 cm³/mol. The molecule has 1 aromatic carbocycles. The van der Waals surface area contributed by atoms with Gasteiger partial charge in [-0.25, -0.2) is 0 Å². The number of carbonyl (C=O) groups excluding carboxylic acids is 1. The molecule has 3 rings (SSSR count). The van der Waals surface area contributed by atoms with Gasteiger partial charge in [-0.05, 0) is 69.2 Å². The van der Waals surface area contributed by atoms with Crippen molar-refractivity contribution in [1.29, 1.82) is 0 Å². The molecule has 0 N–H and O–H groups in total.